The molecule has 0 amide bonds. The molecule has 0 N–H and O–H groups in total. The van der Waals surface area contributed by atoms with Crippen LogP contribution in [-0.2, 0) is 18.7 Å². The summed E-state index contributed by atoms with van der Waals surface area (Å²) in [5.74, 6) is -0.673. The van der Waals surface area contributed by atoms with E-state index in [4.69, 9.17) is 13.9 Å². The Morgan fingerprint density at radius 3 is 2.32 bits per heavy atom. The second-order valence-electron chi connectivity index (χ2n) is 7.17. The number of aldehydes is 1. The maximum absolute atomic E-state index is 11.0. The van der Waals surface area contributed by atoms with E-state index in [1.54, 1.807) is 0 Å². The van der Waals surface area contributed by atoms with Crippen LogP contribution in [0.1, 0.15) is 41.0 Å². The topological polar surface area (TPSA) is 44.8 Å². The molecule has 1 aliphatic heterocycles. The lowest BCUT2D eigenvalue weighted by atomic mass is 10.2. The molecular formula is C14H28O4Si. The predicted octanol–water partition coefficient (Wildman–Crippen LogP) is 3.12. The highest BCUT2D eigenvalue weighted by atomic mass is 28.4. The minimum absolute atomic E-state index is 0.197. The Bertz CT molecular complexity index is 320. The zero-order chi connectivity index (χ0) is 14.9. The third-order valence-electron chi connectivity index (χ3n) is 4.03. The number of hydrogen-bond acceptors (Lipinski definition) is 4. The number of carbonyl (C=O) groups is 1. The van der Waals surface area contributed by atoms with Crippen LogP contribution in [0.15, 0.2) is 0 Å². The second-order valence-corrected chi connectivity index (χ2v) is 12.0. The Kier molecular flexibility index (Phi) is 4.99. The molecule has 0 radical (unpaired) electrons. The third-order valence-corrected chi connectivity index (χ3v) is 8.57. The summed E-state index contributed by atoms with van der Waals surface area (Å²) in [4.78, 5) is 11.0. The first-order valence-corrected chi connectivity index (χ1v) is 9.84. The smallest absolute Gasteiger partial charge is 0.191 e. The van der Waals surface area contributed by atoms with Gasteiger partial charge in [0, 0.05) is 6.61 Å². The summed E-state index contributed by atoms with van der Waals surface area (Å²) in [5, 5.41) is 0.198. The Balaban J connectivity index is 2.48. The summed E-state index contributed by atoms with van der Waals surface area (Å²) in [7, 11) is -1.73. The SMILES string of the molecule is CC1(C)OC(C=O)C(CCO[Si](C)(C)C(C)(C)C)O1. The van der Waals surface area contributed by atoms with Gasteiger partial charge in [-0.2, -0.15) is 0 Å². The first-order valence-electron chi connectivity index (χ1n) is 6.93. The van der Waals surface area contributed by atoms with Crippen LogP contribution in [0.2, 0.25) is 18.1 Å². The van der Waals surface area contributed by atoms with Gasteiger partial charge < -0.3 is 18.7 Å². The number of carbonyl (C=O) groups excluding carboxylic acids is 1. The monoisotopic (exact) mass is 288 g/mol. The van der Waals surface area contributed by atoms with Crippen LogP contribution in [0.3, 0.4) is 0 Å². The molecule has 0 bridgehead atoms. The van der Waals surface area contributed by atoms with Gasteiger partial charge in [-0.1, -0.05) is 20.8 Å². The highest BCUT2D eigenvalue weighted by Crippen LogP contribution is 2.37. The average Bonchev–Trinajstić information content (AvgIpc) is 2.51. The van der Waals surface area contributed by atoms with Crippen LogP contribution in [0.4, 0.5) is 0 Å². The van der Waals surface area contributed by atoms with Gasteiger partial charge in [0.15, 0.2) is 20.4 Å². The molecule has 1 fully saturated rings. The number of ether oxygens (including phenoxy) is 2. The fourth-order valence-electron chi connectivity index (χ4n) is 1.85. The van der Waals surface area contributed by atoms with Crippen molar-refractivity contribution in [2.75, 3.05) is 6.61 Å². The fraction of sp³-hybridized carbons (Fsp3) is 0.929. The zero-order valence-corrected chi connectivity index (χ0v) is 14.3. The quantitative estimate of drug-likeness (QED) is 0.576. The molecule has 112 valence electrons. The van der Waals surface area contributed by atoms with E-state index in [-0.39, 0.29) is 11.1 Å². The van der Waals surface area contributed by atoms with Crippen molar-refractivity contribution in [3.63, 3.8) is 0 Å². The molecule has 0 spiro atoms. The number of hydrogen-bond donors (Lipinski definition) is 0. The van der Waals surface area contributed by atoms with E-state index in [1.807, 2.05) is 13.8 Å². The summed E-state index contributed by atoms with van der Waals surface area (Å²) < 4.78 is 17.4. The van der Waals surface area contributed by atoms with Crippen molar-refractivity contribution in [2.45, 2.75) is 77.2 Å². The Labute approximate surface area is 117 Å². The summed E-state index contributed by atoms with van der Waals surface area (Å²) in [5.41, 5.74) is 0. The molecule has 4 nitrogen and oxygen atoms in total. The van der Waals surface area contributed by atoms with Gasteiger partial charge in [-0.15, -0.1) is 0 Å². The van der Waals surface area contributed by atoms with Crippen molar-refractivity contribution >= 4 is 14.6 Å². The van der Waals surface area contributed by atoms with E-state index in [0.717, 1.165) is 6.29 Å². The lowest BCUT2D eigenvalue weighted by molar-refractivity contribution is -0.150. The highest BCUT2D eigenvalue weighted by Gasteiger charge is 2.42. The lowest BCUT2D eigenvalue weighted by Gasteiger charge is -2.36. The molecule has 0 aromatic carbocycles. The van der Waals surface area contributed by atoms with Crippen molar-refractivity contribution in [2.24, 2.45) is 0 Å². The minimum atomic E-state index is -1.73. The van der Waals surface area contributed by atoms with Gasteiger partial charge in [-0.3, -0.25) is 0 Å². The van der Waals surface area contributed by atoms with Crippen LogP contribution < -0.4 is 0 Å². The summed E-state index contributed by atoms with van der Waals surface area (Å²) in [6.07, 6.45) is 0.848. The summed E-state index contributed by atoms with van der Waals surface area (Å²) >= 11 is 0. The predicted molar refractivity (Wildman–Crippen MR) is 77.7 cm³/mol. The van der Waals surface area contributed by atoms with Crippen LogP contribution in [0, 0.1) is 0 Å². The molecule has 0 aromatic heterocycles. The van der Waals surface area contributed by atoms with Gasteiger partial charge in [-0.05, 0) is 38.4 Å². The second kappa shape index (κ2) is 5.64. The third kappa shape index (κ3) is 4.38. The molecule has 0 aromatic rings. The Morgan fingerprint density at radius 2 is 1.84 bits per heavy atom. The first-order chi connectivity index (χ1) is 8.48. The van der Waals surface area contributed by atoms with Gasteiger partial charge in [0.2, 0.25) is 0 Å². The zero-order valence-electron chi connectivity index (χ0n) is 13.3. The van der Waals surface area contributed by atoms with E-state index < -0.39 is 20.2 Å². The molecule has 5 heteroatoms. The van der Waals surface area contributed by atoms with Gasteiger partial charge in [-0.25, -0.2) is 0 Å². The van der Waals surface area contributed by atoms with Gasteiger partial charge in [0.1, 0.15) is 6.10 Å². The molecule has 2 unspecified atom stereocenters. The average molecular weight is 288 g/mol. The molecule has 19 heavy (non-hydrogen) atoms. The van der Waals surface area contributed by atoms with Crippen molar-refractivity contribution in [3.05, 3.63) is 0 Å². The molecule has 2 atom stereocenters. The van der Waals surface area contributed by atoms with Crippen LogP contribution in [0.5, 0.6) is 0 Å². The molecule has 0 aliphatic carbocycles. The Hall–Kier alpha value is -0.233. The van der Waals surface area contributed by atoms with E-state index in [2.05, 4.69) is 33.9 Å². The maximum atomic E-state index is 11.0. The van der Waals surface area contributed by atoms with Crippen LogP contribution >= 0.6 is 0 Å². The van der Waals surface area contributed by atoms with E-state index in [1.165, 1.54) is 0 Å². The van der Waals surface area contributed by atoms with Crippen molar-refractivity contribution < 1.29 is 18.7 Å². The lowest BCUT2D eigenvalue weighted by Crippen LogP contribution is -2.41. The standard InChI is InChI=1S/C14H28O4Si/c1-13(2,3)19(6,7)16-9-8-11-12(10-15)18-14(4,5)17-11/h10-12H,8-9H2,1-7H3. The fourth-order valence-corrected chi connectivity index (χ4v) is 2.91. The van der Waals surface area contributed by atoms with E-state index >= 15 is 0 Å². The maximum Gasteiger partial charge on any atom is 0.191 e. The molecule has 1 saturated heterocycles. The van der Waals surface area contributed by atoms with Crippen molar-refractivity contribution in [1.82, 2.24) is 0 Å². The molecule has 1 aliphatic rings. The summed E-state index contributed by atoms with van der Waals surface area (Å²) in [6.45, 7) is 15.4. The van der Waals surface area contributed by atoms with Gasteiger partial charge in [0.05, 0.1) is 6.10 Å². The molecular weight excluding hydrogens is 260 g/mol. The molecule has 1 rings (SSSR count). The van der Waals surface area contributed by atoms with E-state index in [0.29, 0.717) is 13.0 Å². The van der Waals surface area contributed by atoms with Gasteiger partial charge >= 0.3 is 0 Å². The first kappa shape index (κ1) is 16.8. The van der Waals surface area contributed by atoms with Crippen LogP contribution in [0.25, 0.3) is 0 Å². The van der Waals surface area contributed by atoms with E-state index in [9.17, 15) is 4.79 Å². The van der Waals surface area contributed by atoms with Crippen molar-refractivity contribution in [3.8, 4) is 0 Å². The number of rotatable bonds is 5. The largest absolute Gasteiger partial charge is 0.417 e. The highest BCUT2D eigenvalue weighted by molar-refractivity contribution is 6.74. The summed E-state index contributed by atoms with van der Waals surface area (Å²) in [6, 6.07) is 0. The Morgan fingerprint density at radius 1 is 1.26 bits per heavy atom. The normalized spacial score (nSPS) is 27.5. The van der Waals surface area contributed by atoms with Gasteiger partial charge in [0.25, 0.3) is 0 Å². The molecule has 0 saturated carbocycles. The van der Waals surface area contributed by atoms with Crippen molar-refractivity contribution in [1.29, 1.82) is 0 Å². The van der Waals surface area contributed by atoms with Crippen LogP contribution in [-0.4, -0.2) is 39.2 Å². The molecule has 1 heterocycles. The minimum Gasteiger partial charge on any atom is -0.417 e.